The average molecular weight is 439 g/mol. The van der Waals surface area contributed by atoms with Gasteiger partial charge in [-0.1, -0.05) is 13.0 Å². The third-order valence-electron chi connectivity index (χ3n) is 4.83. The number of furan rings is 1. The van der Waals surface area contributed by atoms with Gasteiger partial charge in [-0.2, -0.15) is 0 Å². The van der Waals surface area contributed by atoms with Crippen molar-refractivity contribution < 1.29 is 23.8 Å². The maximum Gasteiger partial charge on any atom is 0.347 e. The fourth-order valence-electron chi connectivity index (χ4n) is 3.18. The van der Waals surface area contributed by atoms with Crippen LogP contribution in [0.2, 0.25) is 0 Å². The van der Waals surface area contributed by atoms with E-state index in [1.165, 1.54) is 19.9 Å². The fourth-order valence-corrected chi connectivity index (χ4v) is 3.87. The van der Waals surface area contributed by atoms with Gasteiger partial charge in [0.2, 0.25) is 5.78 Å². The van der Waals surface area contributed by atoms with Gasteiger partial charge in [0.1, 0.15) is 11.3 Å². The molecular weight excluding hydrogens is 412 g/mol. The highest BCUT2D eigenvalue weighted by Gasteiger charge is 2.30. The number of rotatable bonds is 8. The van der Waals surface area contributed by atoms with Gasteiger partial charge in [-0.3, -0.25) is 4.79 Å². The topological polar surface area (TPSA) is 76.7 Å². The second kappa shape index (κ2) is 9.02. The first-order valence-electron chi connectivity index (χ1n) is 10.0. The van der Waals surface area contributed by atoms with Gasteiger partial charge >= 0.3 is 5.97 Å². The van der Waals surface area contributed by atoms with E-state index in [0.717, 1.165) is 32.7 Å². The van der Waals surface area contributed by atoms with E-state index >= 15 is 0 Å². The molecule has 3 aromatic rings. The van der Waals surface area contributed by atoms with Gasteiger partial charge < -0.3 is 14.3 Å². The van der Waals surface area contributed by atoms with Crippen LogP contribution in [0.3, 0.4) is 0 Å². The first kappa shape index (κ1) is 22.7. The van der Waals surface area contributed by atoms with Crippen LogP contribution in [0.15, 0.2) is 51.8 Å². The van der Waals surface area contributed by atoms with E-state index in [-0.39, 0.29) is 5.78 Å². The second-order valence-electron chi connectivity index (χ2n) is 7.84. The van der Waals surface area contributed by atoms with Crippen LogP contribution in [-0.2, 0) is 4.79 Å². The molecule has 0 amide bonds. The van der Waals surface area contributed by atoms with Crippen LogP contribution in [0.4, 0.5) is 0 Å². The molecule has 0 spiro atoms. The Morgan fingerprint density at radius 2 is 1.81 bits per heavy atom. The molecule has 0 aliphatic rings. The Morgan fingerprint density at radius 3 is 2.42 bits per heavy atom. The van der Waals surface area contributed by atoms with E-state index in [0.29, 0.717) is 17.1 Å². The first-order valence-corrected chi connectivity index (χ1v) is 11.0. The number of thioether (sulfide) groups is 1. The van der Waals surface area contributed by atoms with Crippen LogP contribution in [-0.4, -0.2) is 28.2 Å². The van der Waals surface area contributed by atoms with E-state index in [4.69, 9.17) is 9.15 Å². The lowest BCUT2D eigenvalue weighted by Crippen LogP contribution is -2.38. The molecule has 0 unspecified atom stereocenters. The van der Waals surface area contributed by atoms with Crippen molar-refractivity contribution in [3.8, 4) is 5.75 Å². The minimum Gasteiger partial charge on any atom is -0.478 e. The Bertz CT molecular complexity index is 1150. The number of carboxylic acids is 1. The number of carbonyl (C=O) groups excluding carboxylic acids is 1. The summed E-state index contributed by atoms with van der Waals surface area (Å²) in [6.07, 6.45) is 3.20. The predicted molar refractivity (Wildman–Crippen MR) is 124 cm³/mol. The van der Waals surface area contributed by atoms with Gasteiger partial charge in [-0.15, -0.1) is 11.8 Å². The van der Waals surface area contributed by atoms with Crippen LogP contribution in [0, 0.1) is 13.8 Å². The largest absolute Gasteiger partial charge is 0.478 e. The van der Waals surface area contributed by atoms with Gasteiger partial charge in [0.25, 0.3) is 0 Å². The molecule has 1 heterocycles. The molecule has 0 bridgehead atoms. The van der Waals surface area contributed by atoms with Crippen molar-refractivity contribution in [3.05, 3.63) is 64.9 Å². The molecule has 0 atom stereocenters. The highest BCUT2D eigenvalue weighted by molar-refractivity contribution is 7.99. The first-order chi connectivity index (χ1) is 14.6. The Labute approximate surface area is 186 Å². The Morgan fingerprint density at radius 1 is 1.13 bits per heavy atom. The number of hydrogen-bond donors (Lipinski definition) is 1. The molecular formula is C25H26O5S. The zero-order valence-corrected chi connectivity index (χ0v) is 19.1. The van der Waals surface area contributed by atoms with Crippen molar-refractivity contribution >= 4 is 40.6 Å². The van der Waals surface area contributed by atoms with E-state index in [9.17, 15) is 14.7 Å². The molecule has 31 heavy (non-hydrogen) atoms. The third kappa shape index (κ3) is 5.20. The van der Waals surface area contributed by atoms with Crippen molar-refractivity contribution in [1.82, 2.24) is 0 Å². The van der Waals surface area contributed by atoms with Crippen LogP contribution in [0.5, 0.6) is 5.75 Å². The summed E-state index contributed by atoms with van der Waals surface area (Å²) in [4.78, 5) is 25.1. The standard InChI is InChI=1S/C25H26O5S/c1-6-31-19-9-8-18-13-22(29-21(18)14-19)20(26)10-7-17-11-15(2)23(16(3)12-17)30-25(4,5)24(27)28/h7-14H,6H2,1-5H3,(H,27,28)/b10-7+. The number of aliphatic carboxylic acids is 1. The number of ether oxygens (including phenoxy) is 1. The summed E-state index contributed by atoms with van der Waals surface area (Å²) in [5, 5.41) is 10.2. The molecule has 0 saturated heterocycles. The van der Waals surface area contributed by atoms with Gasteiger partial charge in [0, 0.05) is 10.3 Å². The lowest BCUT2D eigenvalue weighted by molar-refractivity contribution is -0.152. The Kier molecular flexibility index (Phi) is 6.60. The van der Waals surface area contributed by atoms with Crippen molar-refractivity contribution in [3.63, 3.8) is 0 Å². The average Bonchev–Trinajstić information content (AvgIpc) is 3.12. The summed E-state index contributed by atoms with van der Waals surface area (Å²) >= 11 is 1.72. The smallest absolute Gasteiger partial charge is 0.347 e. The quantitative estimate of drug-likeness (QED) is 0.253. The zero-order chi connectivity index (χ0) is 22.8. The van der Waals surface area contributed by atoms with Crippen LogP contribution < -0.4 is 4.74 Å². The minimum absolute atomic E-state index is 0.219. The summed E-state index contributed by atoms with van der Waals surface area (Å²) in [5.41, 5.74) is 1.78. The fraction of sp³-hybridized carbons (Fsp3) is 0.280. The number of allylic oxidation sites excluding steroid dienone is 1. The maximum atomic E-state index is 12.6. The van der Waals surface area contributed by atoms with Crippen molar-refractivity contribution in [2.24, 2.45) is 0 Å². The monoisotopic (exact) mass is 438 g/mol. The number of carbonyl (C=O) groups is 2. The molecule has 1 N–H and O–H groups in total. The third-order valence-corrected chi connectivity index (χ3v) is 5.70. The van der Waals surface area contributed by atoms with Crippen molar-refractivity contribution in [1.29, 1.82) is 0 Å². The van der Waals surface area contributed by atoms with E-state index in [1.807, 2.05) is 44.2 Å². The molecule has 2 aromatic carbocycles. The Hall–Kier alpha value is -2.99. The van der Waals surface area contributed by atoms with Gasteiger partial charge in [0.05, 0.1) is 0 Å². The van der Waals surface area contributed by atoms with Crippen LogP contribution >= 0.6 is 11.8 Å². The predicted octanol–water partition coefficient (Wildman–Crippen LogP) is 6.30. The van der Waals surface area contributed by atoms with Gasteiger partial charge in [-0.25, -0.2) is 4.79 Å². The van der Waals surface area contributed by atoms with Crippen LogP contribution in [0.1, 0.15) is 48.0 Å². The normalized spacial score (nSPS) is 11.9. The molecule has 162 valence electrons. The van der Waals surface area contributed by atoms with E-state index in [2.05, 4.69) is 6.92 Å². The molecule has 5 nitrogen and oxygen atoms in total. The number of benzene rings is 2. The lowest BCUT2D eigenvalue weighted by atomic mass is 10.0. The molecule has 0 radical (unpaired) electrons. The molecule has 3 rings (SSSR count). The molecule has 6 heteroatoms. The number of ketones is 1. The highest BCUT2D eigenvalue weighted by atomic mass is 32.2. The number of carboxylic acid groups (broad SMARTS) is 1. The Balaban J connectivity index is 1.80. The number of aryl methyl sites for hydroxylation is 2. The maximum absolute atomic E-state index is 12.6. The molecule has 0 fully saturated rings. The van der Waals surface area contributed by atoms with Crippen molar-refractivity contribution in [2.75, 3.05) is 5.75 Å². The van der Waals surface area contributed by atoms with E-state index in [1.54, 1.807) is 23.9 Å². The lowest BCUT2D eigenvalue weighted by Gasteiger charge is -2.24. The summed E-state index contributed by atoms with van der Waals surface area (Å²) in [6, 6.07) is 11.4. The molecule has 0 aliphatic heterocycles. The van der Waals surface area contributed by atoms with E-state index < -0.39 is 11.6 Å². The summed E-state index contributed by atoms with van der Waals surface area (Å²) in [6.45, 7) is 8.82. The van der Waals surface area contributed by atoms with Crippen molar-refractivity contribution in [2.45, 2.75) is 45.1 Å². The van der Waals surface area contributed by atoms with Crippen LogP contribution in [0.25, 0.3) is 17.0 Å². The SMILES string of the molecule is CCSc1ccc2cc(C(=O)/C=C/c3cc(C)c(OC(C)(C)C(=O)O)c(C)c3)oc2c1. The highest BCUT2D eigenvalue weighted by Crippen LogP contribution is 2.30. The minimum atomic E-state index is -1.33. The number of hydrogen-bond acceptors (Lipinski definition) is 5. The molecule has 0 aliphatic carbocycles. The van der Waals surface area contributed by atoms with Gasteiger partial charge in [0.15, 0.2) is 11.4 Å². The zero-order valence-electron chi connectivity index (χ0n) is 18.3. The van der Waals surface area contributed by atoms with Gasteiger partial charge in [-0.05, 0) is 92.6 Å². The summed E-state index contributed by atoms with van der Waals surface area (Å²) < 4.78 is 11.5. The second-order valence-corrected chi connectivity index (χ2v) is 9.18. The summed E-state index contributed by atoms with van der Waals surface area (Å²) in [5.74, 6) is 0.545. The molecule has 0 saturated carbocycles. The summed E-state index contributed by atoms with van der Waals surface area (Å²) in [7, 11) is 0. The molecule has 1 aromatic heterocycles. The number of fused-ring (bicyclic) bond motifs is 1.